The highest BCUT2D eigenvalue weighted by atomic mass is 35.5. The Labute approximate surface area is 180 Å². The number of ketones is 1. The van der Waals surface area contributed by atoms with Crippen molar-refractivity contribution in [2.45, 2.75) is 6.92 Å². The number of nitrogens with zero attached hydrogens (tertiary/aromatic N) is 4. The maximum Gasteiger partial charge on any atom is 0.159 e. The van der Waals surface area contributed by atoms with E-state index >= 15 is 0 Å². The van der Waals surface area contributed by atoms with Crippen LogP contribution >= 0.6 is 11.6 Å². The molecule has 2 heterocycles. The second-order valence-electron chi connectivity index (χ2n) is 7.18. The second kappa shape index (κ2) is 8.59. The number of hydrogen-bond donors (Lipinski definition) is 2. The molecule has 0 atom stereocenters. The van der Waals surface area contributed by atoms with Gasteiger partial charge < -0.3 is 20.9 Å². The lowest BCUT2D eigenvalue weighted by atomic mass is 10.1. The summed E-state index contributed by atoms with van der Waals surface area (Å²) in [5, 5.41) is 3.94. The van der Waals surface area contributed by atoms with Crippen molar-refractivity contribution < 1.29 is 4.79 Å². The number of halogens is 1. The van der Waals surface area contributed by atoms with Gasteiger partial charge in [-0.15, -0.1) is 0 Å². The maximum absolute atomic E-state index is 11.6. The summed E-state index contributed by atoms with van der Waals surface area (Å²) in [7, 11) is 0. The summed E-state index contributed by atoms with van der Waals surface area (Å²) in [6.07, 6.45) is 1.51. The van der Waals surface area contributed by atoms with E-state index in [-0.39, 0.29) is 5.78 Å². The molecule has 1 fully saturated rings. The van der Waals surface area contributed by atoms with Crippen LogP contribution in [0.4, 0.5) is 28.7 Å². The Morgan fingerprint density at radius 2 is 1.77 bits per heavy atom. The van der Waals surface area contributed by atoms with Crippen molar-refractivity contribution in [2.75, 3.05) is 47.0 Å². The predicted molar refractivity (Wildman–Crippen MR) is 122 cm³/mol. The molecule has 0 saturated carbocycles. The fraction of sp³-hybridized carbons (Fsp3) is 0.227. The maximum atomic E-state index is 11.6. The molecule has 2 aromatic carbocycles. The van der Waals surface area contributed by atoms with Gasteiger partial charge in [0.05, 0.1) is 0 Å². The van der Waals surface area contributed by atoms with Crippen LogP contribution in [-0.2, 0) is 0 Å². The van der Waals surface area contributed by atoms with Crippen molar-refractivity contribution in [1.82, 2.24) is 9.97 Å². The van der Waals surface area contributed by atoms with Gasteiger partial charge in [-0.25, -0.2) is 9.97 Å². The minimum Gasteiger partial charge on any atom is -0.393 e. The molecule has 3 aromatic rings. The van der Waals surface area contributed by atoms with Gasteiger partial charge >= 0.3 is 0 Å². The zero-order valence-corrected chi connectivity index (χ0v) is 17.4. The summed E-state index contributed by atoms with van der Waals surface area (Å²) in [6, 6.07) is 15.2. The van der Waals surface area contributed by atoms with Gasteiger partial charge in [0.1, 0.15) is 12.0 Å². The number of aromatic nitrogens is 2. The standard InChI is InChI=1S/C22H23ClN6O/c1-15(30)16-4-2-6-18(12-16)27-21-20(24)22(26-14-25-21)29-10-8-28(9-11-29)19-7-3-5-17(23)13-19/h2-7,12-14H,8-11,24H2,1H3,(H,25,26,27). The van der Waals surface area contributed by atoms with E-state index in [1.54, 1.807) is 19.1 Å². The first-order valence-corrected chi connectivity index (χ1v) is 10.1. The summed E-state index contributed by atoms with van der Waals surface area (Å²) < 4.78 is 0. The van der Waals surface area contributed by atoms with Gasteiger partial charge in [-0.05, 0) is 37.3 Å². The van der Waals surface area contributed by atoms with E-state index in [4.69, 9.17) is 17.3 Å². The predicted octanol–water partition coefficient (Wildman–Crippen LogP) is 3.99. The van der Waals surface area contributed by atoms with E-state index in [1.165, 1.54) is 6.33 Å². The molecule has 0 radical (unpaired) electrons. The van der Waals surface area contributed by atoms with Crippen LogP contribution in [0.1, 0.15) is 17.3 Å². The smallest absolute Gasteiger partial charge is 0.159 e. The number of piperazine rings is 1. The van der Waals surface area contributed by atoms with Crippen LogP contribution in [0.25, 0.3) is 0 Å². The molecule has 1 saturated heterocycles. The quantitative estimate of drug-likeness (QED) is 0.601. The number of rotatable bonds is 5. The third kappa shape index (κ3) is 4.31. The Bertz CT molecular complexity index is 1060. The normalized spacial score (nSPS) is 13.9. The second-order valence-corrected chi connectivity index (χ2v) is 7.61. The topological polar surface area (TPSA) is 87.4 Å². The van der Waals surface area contributed by atoms with Gasteiger partial charge in [0.25, 0.3) is 0 Å². The molecule has 0 bridgehead atoms. The Balaban J connectivity index is 1.48. The van der Waals surface area contributed by atoms with Crippen LogP contribution in [0.15, 0.2) is 54.9 Å². The Morgan fingerprint density at radius 1 is 1.03 bits per heavy atom. The number of nitrogens with one attached hydrogen (secondary N) is 1. The van der Waals surface area contributed by atoms with E-state index < -0.39 is 0 Å². The fourth-order valence-electron chi connectivity index (χ4n) is 3.54. The summed E-state index contributed by atoms with van der Waals surface area (Å²) in [4.78, 5) is 24.8. The summed E-state index contributed by atoms with van der Waals surface area (Å²) in [6.45, 7) is 4.79. The lowest BCUT2D eigenvalue weighted by Gasteiger charge is -2.37. The molecule has 154 valence electrons. The van der Waals surface area contributed by atoms with Crippen molar-refractivity contribution in [1.29, 1.82) is 0 Å². The van der Waals surface area contributed by atoms with Crippen LogP contribution in [0, 0.1) is 0 Å². The number of Topliss-reactive ketones (excluding diaryl/α,β-unsaturated/α-hetero) is 1. The van der Waals surface area contributed by atoms with Crippen molar-refractivity contribution in [3.05, 3.63) is 65.4 Å². The van der Waals surface area contributed by atoms with Gasteiger partial charge in [-0.3, -0.25) is 4.79 Å². The monoisotopic (exact) mass is 422 g/mol. The number of hydrogen-bond acceptors (Lipinski definition) is 7. The van der Waals surface area contributed by atoms with Gasteiger partial charge in [-0.2, -0.15) is 0 Å². The zero-order chi connectivity index (χ0) is 21.1. The number of anilines is 5. The average molecular weight is 423 g/mol. The van der Waals surface area contributed by atoms with Crippen molar-refractivity contribution in [3.63, 3.8) is 0 Å². The summed E-state index contributed by atoms with van der Waals surface area (Å²) in [5.41, 5.74) is 9.39. The third-order valence-corrected chi connectivity index (χ3v) is 5.38. The molecule has 0 aliphatic carbocycles. The van der Waals surface area contributed by atoms with Crippen LogP contribution < -0.4 is 20.9 Å². The number of carbonyl (C=O) groups excluding carboxylic acids is 1. The number of nitrogen functional groups attached to an aromatic ring is 1. The van der Waals surface area contributed by atoms with E-state index in [0.29, 0.717) is 22.9 Å². The first-order chi connectivity index (χ1) is 14.5. The first-order valence-electron chi connectivity index (χ1n) is 9.75. The summed E-state index contributed by atoms with van der Waals surface area (Å²) in [5.74, 6) is 1.24. The molecule has 0 spiro atoms. The Morgan fingerprint density at radius 3 is 2.50 bits per heavy atom. The Hall–Kier alpha value is -3.32. The number of carbonyl (C=O) groups is 1. The highest BCUT2D eigenvalue weighted by Gasteiger charge is 2.21. The molecule has 3 N–H and O–H groups in total. The van der Waals surface area contributed by atoms with Gasteiger partial charge in [0.15, 0.2) is 17.4 Å². The molecule has 0 unspecified atom stereocenters. The SMILES string of the molecule is CC(=O)c1cccc(Nc2ncnc(N3CCN(c4cccc(Cl)c4)CC3)c2N)c1. The number of benzene rings is 2. The van der Waals surface area contributed by atoms with E-state index in [9.17, 15) is 4.79 Å². The van der Waals surface area contributed by atoms with Gasteiger partial charge in [0.2, 0.25) is 0 Å². The van der Waals surface area contributed by atoms with Crippen LogP contribution in [-0.4, -0.2) is 41.9 Å². The first kappa shape index (κ1) is 20.0. The molecule has 7 nitrogen and oxygen atoms in total. The average Bonchev–Trinajstić information content (AvgIpc) is 2.76. The number of nitrogens with two attached hydrogens (primary N) is 1. The zero-order valence-electron chi connectivity index (χ0n) is 16.7. The van der Waals surface area contributed by atoms with Crippen molar-refractivity contribution in [2.24, 2.45) is 0 Å². The largest absolute Gasteiger partial charge is 0.393 e. The fourth-order valence-corrected chi connectivity index (χ4v) is 3.72. The van der Waals surface area contributed by atoms with Gasteiger partial charge in [0, 0.05) is 48.1 Å². The minimum absolute atomic E-state index is 0.00701. The van der Waals surface area contributed by atoms with Crippen LogP contribution in [0.2, 0.25) is 5.02 Å². The Kier molecular flexibility index (Phi) is 5.72. The third-order valence-electron chi connectivity index (χ3n) is 5.15. The van der Waals surface area contributed by atoms with E-state index in [0.717, 1.165) is 42.6 Å². The molecule has 1 aromatic heterocycles. The summed E-state index contributed by atoms with van der Waals surface area (Å²) >= 11 is 6.12. The van der Waals surface area contributed by atoms with E-state index in [2.05, 4.69) is 31.2 Å². The molecular formula is C22H23ClN6O. The minimum atomic E-state index is 0.00701. The van der Waals surface area contributed by atoms with Crippen LogP contribution in [0.3, 0.4) is 0 Å². The molecular weight excluding hydrogens is 400 g/mol. The highest BCUT2D eigenvalue weighted by Crippen LogP contribution is 2.30. The molecule has 0 amide bonds. The molecule has 1 aliphatic heterocycles. The van der Waals surface area contributed by atoms with Gasteiger partial charge in [-0.1, -0.05) is 29.8 Å². The molecule has 1 aliphatic rings. The highest BCUT2D eigenvalue weighted by molar-refractivity contribution is 6.30. The van der Waals surface area contributed by atoms with E-state index in [1.807, 2.05) is 30.3 Å². The molecule has 4 rings (SSSR count). The van der Waals surface area contributed by atoms with Crippen molar-refractivity contribution in [3.8, 4) is 0 Å². The van der Waals surface area contributed by atoms with Crippen molar-refractivity contribution >= 4 is 46.1 Å². The molecule has 8 heteroatoms. The lowest BCUT2D eigenvalue weighted by Crippen LogP contribution is -2.47. The lowest BCUT2D eigenvalue weighted by molar-refractivity contribution is 0.101. The van der Waals surface area contributed by atoms with Crippen LogP contribution in [0.5, 0.6) is 0 Å². The molecule has 30 heavy (non-hydrogen) atoms.